The number of pyridine rings is 1. The van der Waals surface area contributed by atoms with Gasteiger partial charge in [0, 0.05) is 25.8 Å². The highest BCUT2D eigenvalue weighted by molar-refractivity contribution is 5.32. The molecule has 0 bridgehead atoms. The predicted molar refractivity (Wildman–Crippen MR) is 93.1 cm³/mol. The van der Waals surface area contributed by atoms with Crippen LogP contribution in [0.4, 0.5) is 5.95 Å². The van der Waals surface area contributed by atoms with Crippen LogP contribution < -0.4 is 10.5 Å². The summed E-state index contributed by atoms with van der Waals surface area (Å²) in [5, 5.41) is 0. The topological polar surface area (TPSA) is 86.4 Å². The fourth-order valence-corrected chi connectivity index (χ4v) is 3.73. The lowest BCUT2D eigenvalue weighted by atomic mass is 9.83. The first-order chi connectivity index (χ1) is 12.2. The van der Waals surface area contributed by atoms with Crippen molar-refractivity contribution in [1.29, 1.82) is 0 Å². The number of likely N-dealkylation sites (tertiary alicyclic amines) is 1. The number of methoxy groups -OCH3 is 1. The van der Waals surface area contributed by atoms with Crippen LogP contribution in [0.2, 0.25) is 0 Å². The minimum atomic E-state index is -0.311. The molecule has 1 spiro atoms. The zero-order valence-electron chi connectivity index (χ0n) is 14.4. The number of nitrogens with two attached hydrogens (primary N) is 1. The number of hydrogen-bond donors (Lipinski definition) is 1. The van der Waals surface area contributed by atoms with Crippen molar-refractivity contribution in [2.45, 2.75) is 31.4 Å². The summed E-state index contributed by atoms with van der Waals surface area (Å²) in [6, 6.07) is 3.97. The normalized spacial score (nSPS) is 19.6. The Labute approximate surface area is 147 Å². The Morgan fingerprint density at radius 2 is 2.08 bits per heavy atom. The first kappa shape index (κ1) is 16.2. The Morgan fingerprint density at radius 1 is 1.24 bits per heavy atom. The van der Waals surface area contributed by atoms with E-state index in [2.05, 4.69) is 19.9 Å². The van der Waals surface area contributed by atoms with Crippen LogP contribution >= 0.6 is 0 Å². The monoisotopic (exact) mass is 341 g/mol. The lowest BCUT2D eigenvalue weighted by Gasteiger charge is -2.44. The number of aromatic nitrogens is 3. The van der Waals surface area contributed by atoms with Gasteiger partial charge in [0.05, 0.1) is 31.3 Å². The van der Waals surface area contributed by atoms with Crippen LogP contribution in [0.15, 0.2) is 24.5 Å². The van der Waals surface area contributed by atoms with Crippen LogP contribution in [-0.4, -0.2) is 46.7 Å². The largest absolute Gasteiger partial charge is 0.495 e. The molecule has 132 valence electrons. The predicted octanol–water partition coefficient (Wildman–Crippen LogP) is 1.53. The van der Waals surface area contributed by atoms with Gasteiger partial charge >= 0.3 is 0 Å². The van der Waals surface area contributed by atoms with Gasteiger partial charge in [0.15, 0.2) is 0 Å². The van der Waals surface area contributed by atoms with E-state index in [1.807, 2.05) is 18.3 Å². The van der Waals surface area contributed by atoms with Crippen molar-refractivity contribution in [2.75, 3.05) is 32.5 Å². The van der Waals surface area contributed by atoms with Crippen LogP contribution in [-0.2, 0) is 23.3 Å². The van der Waals surface area contributed by atoms with E-state index in [1.165, 1.54) is 5.56 Å². The molecule has 2 aromatic rings. The van der Waals surface area contributed by atoms with Crippen molar-refractivity contribution in [2.24, 2.45) is 0 Å². The smallest absolute Gasteiger partial charge is 0.220 e. The minimum Gasteiger partial charge on any atom is -0.495 e. The lowest BCUT2D eigenvalue weighted by Crippen LogP contribution is -2.47. The summed E-state index contributed by atoms with van der Waals surface area (Å²) < 4.78 is 11.4. The van der Waals surface area contributed by atoms with E-state index >= 15 is 0 Å². The summed E-state index contributed by atoms with van der Waals surface area (Å²) >= 11 is 0. The third-order valence-corrected chi connectivity index (χ3v) is 5.15. The summed E-state index contributed by atoms with van der Waals surface area (Å²) in [6.07, 6.45) is 6.30. The molecule has 0 aromatic carbocycles. The SMILES string of the molecule is COc1ccc(CN2CCC3(CC2)OCCc2cnc(N)nc23)nc1. The molecule has 2 N–H and O–H groups in total. The number of nitrogen functional groups attached to an aromatic ring is 1. The van der Waals surface area contributed by atoms with Crippen molar-refractivity contribution in [3.8, 4) is 5.75 Å². The molecule has 1 saturated heterocycles. The molecule has 0 aliphatic carbocycles. The first-order valence-electron chi connectivity index (χ1n) is 8.66. The standard InChI is InChI=1S/C18H23N5O2/c1-24-15-3-2-14(20-11-15)12-23-7-5-18(6-8-23)16-13(4-9-25-18)10-21-17(19)22-16/h2-3,10-11H,4-9,12H2,1H3,(H2,19,21,22). The number of hydrogen-bond acceptors (Lipinski definition) is 7. The molecule has 0 saturated carbocycles. The zero-order chi connectivity index (χ0) is 17.3. The molecule has 0 unspecified atom stereocenters. The number of ether oxygens (including phenoxy) is 2. The quantitative estimate of drug-likeness (QED) is 0.906. The second-order valence-electron chi connectivity index (χ2n) is 6.66. The first-order valence-corrected chi connectivity index (χ1v) is 8.66. The van der Waals surface area contributed by atoms with Crippen molar-refractivity contribution in [3.63, 3.8) is 0 Å². The van der Waals surface area contributed by atoms with Crippen LogP contribution in [0.3, 0.4) is 0 Å². The van der Waals surface area contributed by atoms with Gasteiger partial charge in [-0.1, -0.05) is 0 Å². The minimum absolute atomic E-state index is 0.311. The number of nitrogens with zero attached hydrogens (tertiary/aromatic N) is 4. The van der Waals surface area contributed by atoms with E-state index in [-0.39, 0.29) is 5.60 Å². The lowest BCUT2D eigenvalue weighted by molar-refractivity contribution is -0.102. The van der Waals surface area contributed by atoms with Crippen LogP contribution in [0.5, 0.6) is 5.75 Å². The second kappa shape index (κ2) is 6.57. The number of rotatable bonds is 3. The molecule has 0 amide bonds. The molecular weight excluding hydrogens is 318 g/mol. The maximum atomic E-state index is 6.21. The summed E-state index contributed by atoms with van der Waals surface area (Å²) in [6.45, 7) is 3.44. The van der Waals surface area contributed by atoms with Crippen LogP contribution in [0.1, 0.15) is 29.8 Å². The third-order valence-electron chi connectivity index (χ3n) is 5.15. The molecule has 4 heterocycles. The van der Waals surface area contributed by atoms with E-state index in [9.17, 15) is 0 Å². The van der Waals surface area contributed by atoms with Gasteiger partial charge in [-0.2, -0.15) is 0 Å². The van der Waals surface area contributed by atoms with Gasteiger partial charge in [-0.3, -0.25) is 9.88 Å². The Bertz CT molecular complexity index is 742. The summed E-state index contributed by atoms with van der Waals surface area (Å²) in [5.41, 5.74) is 8.72. The maximum absolute atomic E-state index is 6.21. The van der Waals surface area contributed by atoms with Crippen LogP contribution in [0.25, 0.3) is 0 Å². The molecule has 7 heteroatoms. The summed E-state index contributed by atoms with van der Waals surface area (Å²) in [7, 11) is 1.65. The molecule has 1 fully saturated rings. The molecule has 0 atom stereocenters. The highest BCUT2D eigenvalue weighted by atomic mass is 16.5. The Balaban J connectivity index is 1.45. The Kier molecular flexibility index (Phi) is 4.27. The van der Waals surface area contributed by atoms with E-state index in [1.54, 1.807) is 13.3 Å². The number of fused-ring (bicyclic) bond motifs is 2. The van der Waals surface area contributed by atoms with E-state index < -0.39 is 0 Å². The Morgan fingerprint density at radius 3 is 2.80 bits per heavy atom. The van der Waals surface area contributed by atoms with Gasteiger partial charge in [0.2, 0.25) is 5.95 Å². The average molecular weight is 341 g/mol. The number of anilines is 1. The average Bonchev–Trinajstić information content (AvgIpc) is 2.65. The van der Waals surface area contributed by atoms with Gasteiger partial charge in [0.25, 0.3) is 0 Å². The molecule has 2 aliphatic heterocycles. The second-order valence-corrected chi connectivity index (χ2v) is 6.66. The fraction of sp³-hybridized carbons (Fsp3) is 0.500. The van der Waals surface area contributed by atoms with Gasteiger partial charge < -0.3 is 15.2 Å². The molecule has 0 radical (unpaired) electrons. The van der Waals surface area contributed by atoms with Gasteiger partial charge in [-0.15, -0.1) is 0 Å². The van der Waals surface area contributed by atoms with Gasteiger partial charge in [-0.25, -0.2) is 9.97 Å². The molecule has 25 heavy (non-hydrogen) atoms. The van der Waals surface area contributed by atoms with Crippen molar-refractivity contribution in [1.82, 2.24) is 19.9 Å². The molecule has 2 aliphatic rings. The van der Waals surface area contributed by atoms with Crippen molar-refractivity contribution < 1.29 is 9.47 Å². The fourth-order valence-electron chi connectivity index (χ4n) is 3.73. The van der Waals surface area contributed by atoms with Crippen molar-refractivity contribution >= 4 is 5.95 Å². The Hall–Kier alpha value is -2.25. The number of piperidine rings is 1. The molecule has 2 aromatic heterocycles. The van der Waals surface area contributed by atoms with Crippen LogP contribution in [0, 0.1) is 0 Å². The zero-order valence-corrected chi connectivity index (χ0v) is 14.4. The third kappa shape index (κ3) is 3.17. The van der Waals surface area contributed by atoms with Crippen molar-refractivity contribution in [3.05, 3.63) is 41.5 Å². The highest BCUT2D eigenvalue weighted by Crippen LogP contribution is 2.40. The van der Waals surface area contributed by atoms with E-state index in [0.29, 0.717) is 5.95 Å². The van der Waals surface area contributed by atoms with Gasteiger partial charge in [-0.05, 0) is 37.0 Å². The highest BCUT2D eigenvalue weighted by Gasteiger charge is 2.42. The maximum Gasteiger partial charge on any atom is 0.220 e. The molecule has 7 nitrogen and oxygen atoms in total. The van der Waals surface area contributed by atoms with E-state index in [4.69, 9.17) is 15.2 Å². The molecule has 4 rings (SSSR count). The van der Waals surface area contributed by atoms with E-state index in [0.717, 1.165) is 62.6 Å². The summed E-state index contributed by atoms with van der Waals surface area (Å²) in [5.74, 6) is 1.11. The summed E-state index contributed by atoms with van der Waals surface area (Å²) in [4.78, 5) is 15.5. The molecular formula is C18H23N5O2. The van der Waals surface area contributed by atoms with Gasteiger partial charge in [0.1, 0.15) is 11.4 Å².